The lowest BCUT2D eigenvalue weighted by atomic mass is 10.5. The maximum Gasteiger partial charge on any atom is 0.225 e. The Labute approximate surface area is 79.7 Å². The van der Waals surface area contributed by atoms with Crippen molar-refractivity contribution in [2.24, 2.45) is 4.99 Å². The SMILES string of the molecule is C=Nc1c(Cl)nc(Cl)nc1NC. The molecular weight excluding hydrogens is 199 g/mol. The van der Waals surface area contributed by atoms with Crippen molar-refractivity contribution >= 4 is 41.4 Å². The zero-order valence-corrected chi connectivity index (χ0v) is 7.82. The van der Waals surface area contributed by atoms with E-state index in [2.05, 4.69) is 27.0 Å². The molecule has 64 valence electrons. The molecule has 1 aromatic heterocycles. The van der Waals surface area contributed by atoms with E-state index in [1.807, 2.05) is 0 Å². The van der Waals surface area contributed by atoms with Crippen LogP contribution in [0.15, 0.2) is 4.99 Å². The van der Waals surface area contributed by atoms with Crippen LogP contribution >= 0.6 is 23.2 Å². The second-order valence-electron chi connectivity index (χ2n) is 1.89. The number of hydrogen-bond donors (Lipinski definition) is 1. The molecule has 0 spiro atoms. The average Bonchev–Trinajstić information content (AvgIpc) is 2.03. The molecule has 1 N–H and O–H groups in total. The smallest absolute Gasteiger partial charge is 0.225 e. The highest BCUT2D eigenvalue weighted by Gasteiger charge is 2.08. The Balaban J connectivity index is 3.33. The van der Waals surface area contributed by atoms with Gasteiger partial charge in [0.2, 0.25) is 5.28 Å². The number of nitrogens with zero attached hydrogens (tertiary/aromatic N) is 3. The van der Waals surface area contributed by atoms with E-state index < -0.39 is 0 Å². The van der Waals surface area contributed by atoms with Crippen LogP contribution in [0.1, 0.15) is 0 Å². The molecule has 0 aliphatic heterocycles. The summed E-state index contributed by atoms with van der Waals surface area (Å²) < 4.78 is 0. The molecule has 0 aliphatic carbocycles. The minimum absolute atomic E-state index is 0.0803. The fraction of sp³-hybridized carbons (Fsp3) is 0.167. The molecule has 0 fully saturated rings. The third-order valence-corrected chi connectivity index (χ3v) is 1.64. The molecule has 0 aromatic carbocycles. The summed E-state index contributed by atoms with van der Waals surface area (Å²) in [6.45, 7) is 3.33. The molecule has 0 bridgehead atoms. The Bertz CT molecular complexity index is 313. The van der Waals surface area contributed by atoms with Crippen LogP contribution in [-0.4, -0.2) is 23.7 Å². The zero-order chi connectivity index (χ0) is 9.14. The zero-order valence-electron chi connectivity index (χ0n) is 6.30. The van der Waals surface area contributed by atoms with Gasteiger partial charge in [-0.1, -0.05) is 11.6 Å². The molecule has 1 rings (SSSR count). The summed E-state index contributed by atoms with van der Waals surface area (Å²) >= 11 is 11.3. The maximum atomic E-state index is 5.70. The summed E-state index contributed by atoms with van der Waals surface area (Å²) in [5.74, 6) is 0.468. The van der Waals surface area contributed by atoms with Crippen LogP contribution in [0.5, 0.6) is 0 Å². The highest BCUT2D eigenvalue weighted by molar-refractivity contribution is 6.34. The third kappa shape index (κ3) is 1.65. The van der Waals surface area contributed by atoms with E-state index in [1.54, 1.807) is 7.05 Å². The van der Waals surface area contributed by atoms with Crippen molar-refractivity contribution in [3.8, 4) is 0 Å². The van der Waals surface area contributed by atoms with Gasteiger partial charge in [0.15, 0.2) is 11.0 Å². The van der Waals surface area contributed by atoms with Crippen LogP contribution in [-0.2, 0) is 0 Å². The molecule has 1 aromatic rings. The van der Waals surface area contributed by atoms with Crippen LogP contribution in [0.25, 0.3) is 0 Å². The number of aliphatic imine (C=N–C) groups is 1. The van der Waals surface area contributed by atoms with Crippen LogP contribution < -0.4 is 5.32 Å². The van der Waals surface area contributed by atoms with Gasteiger partial charge in [-0.15, -0.1) is 0 Å². The number of hydrogen-bond acceptors (Lipinski definition) is 4. The number of halogens is 2. The van der Waals surface area contributed by atoms with Crippen molar-refractivity contribution in [3.05, 3.63) is 10.4 Å². The van der Waals surface area contributed by atoms with Gasteiger partial charge in [-0.2, -0.15) is 4.98 Å². The van der Waals surface area contributed by atoms with E-state index >= 15 is 0 Å². The van der Waals surface area contributed by atoms with Gasteiger partial charge in [0, 0.05) is 7.05 Å². The first-order valence-electron chi connectivity index (χ1n) is 3.06. The third-order valence-electron chi connectivity index (χ3n) is 1.21. The summed E-state index contributed by atoms with van der Waals surface area (Å²) in [6.07, 6.45) is 0. The highest BCUT2D eigenvalue weighted by atomic mass is 35.5. The topological polar surface area (TPSA) is 50.2 Å². The predicted molar refractivity (Wildman–Crippen MR) is 50.8 cm³/mol. The first-order valence-corrected chi connectivity index (χ1v) is 3.82. The molecule has 6 heteroatoms. The molecule has 0 saturated heterocycles. The quantitative estimate of drug-likeness (QED) is 0.457. The van der Waals surface area contributed by atoms with Crippen molar-refractivity contribution in [3.63, 3.8) is 0 Å². The average molecular weight is 205 g/mol. The summed E-state index contributed by atoms with van der Waals surface area (Å²) in [4.78, 5) is 11.2. The van der Waals surface area contributed by atoms with Crippen molar-refractivity contribution in [1.82, 2.24) is 9.97 Å². The highest BCUT2D eigenvalue weighted by Crippen LogP contribution is 2.30. The minimum atomic E-state index is 0.0803. The molecule has 0 aliphatic rings. The summed E-state index contributed by atoms with van der Waals surface area (Å²) in [7, 11) is 1.68. The second kappa shape index (κ2) is 3.69. The monoisotopic (exact) mass is 204 g/mol. The van der Waals surface area contributed by atoms with Gasteiger partial charge in [0.1, 0.15) is 5.69 Å². The maximum absolute atomic E-state index is 5.70. The Morgan fingerprint density at radius 3 is 2.58 bits per heavy atom. The second-order valence-corrected chi connectivity index (χ2v) is 2.58. The van der Waals surface area contributed by atoms with E-state index in [0.29, 0.717) is 11.5 Å². The molecular formula is C6H6Cl2N4. The van der Waals surface area contributed by atoms with Crippen LogP contribution in [0, 0.1) is 0 Å². The number of aromatic nitrogens is 2. The Morgan fingerprint density at radius 1 is 1.42 bits per heavy atom. The van der Waals surface area contributed by atoms with Gasteiger partial charge in [-0.25, -0.2) is 4.98 Å². The number of anilines is 1. The van der Waals surface area contributed by atoms with Crippen LogP contribution in [0.4, 0.5) is 11.5 Å². The van der Waals surface area contributed by atoms with Crippen molar-refractivity contribution in [2.75, 3.05) is 12.4 Å². The fourth-order valence-electron chi connectivity index (χ4n) is 0.716. The summed E-state index contributed by atoms with van der Waals surface area (Å²) in [5.41, 5.74) is 0.406. The van der Waals surface area contributed by atoms with E-state index in [0.717, 1.165) is 0 Å². The Morgan fingerprint density at radius 2 is 2.08 bits per heavy atom. The molecule has 1 heterocycles. The standard InChI is InChI=1S/C6H6Cl2N4/c1-9-3-4(7)11-6(8)12-5(3)10-2/h1H2,2H3,(H,10,11,12). The largest absolute Gasteiger partial charge is 0.371 e. The van der Waals surface area contributed by atoms with Gasteiger partial charge in [-0.3, -0.25) is 4.99 Å². The lowest BCUT2D eigenvalue weighted by Crippen LogP contribution is -1.95. The molecule has 12 heavy (non-hydrogen) atoms. The lowest BCUT2D eigenvalue weighted by Gasteiger charge is -2.04. The molecule has 4 nitrogen and oxygen atoms in total. The number of nitrogens with one attached hydrogen (secondary N) is 1. The molecule has 0 radical (unpaired) electrons. The van der Waals surface area contributed by atoms with E-state index in [9.17, 15) is 0 Å². The van der Waals surface area contributed by atoms with Gasteiger partial charge >= 0.3 is 0 Å². The first-order chi connectivity index (χ1) is 5.69. The molecule has 0 atom stereocenters. The predicted octanol–water partition coefficient (Wildman–Crippen LogP) is 2.16. The van der Waals surface area contributed by atoms with E-state index in [-0.39, 0.29) is 10.4 Å². The number of rotatable bonds is 2. The van der Waals surface area contributed by atoms with Gasteiger partial charge in [0.05, 0.1) is 0 Å². The Kier molecular flexibility index (Phi) is 2.83. The molecule has 0 saturated carbocycles. The van der Waals surface area contributed by atoms with Crippen molar-refractivity contribution in [2.45, 2.75) is 0 Å². The van der Waals surface area contributed by atoms with Gasteiger partial charge < -0.3 is 5.32 Å². The minimum Gasteiger partial charge on any atom is -0.371 e. The van der Waals surface area contributed by atoms with Crippen molar-refractivity contribution < 1.29 is 0 Å². The van der Waals surface area contributed by atoms with Gasteiger partial charge in [-0.05, 0) is 18.3 Å². The van der Waals surface area contributed by atoms with Gasteiger partial charge in [0.25, 0.3) is 0 Å². The van der Waals surface area contributed by atoms with Crippen LogP contribution in [0.2, 0.25) is 10.4 Å². The lowest BCUT2D eigenvalue weighted by molar-refractivity contribution is 1.15. The first kappa shape index (κ1) is 9.22. The molecule has 0 amide bonds. The van der Waals surface area contributed by atoms with Crippen molar-refractivity contribution in [1.29, 1.82) is 0 Å². The summed E-state index contributed by atoms with van der Waals surface area (Å²) in [5, 5.41) is 3.04. The van der Waals surface area contributed by atoms with Crippen LogP contribution in [0.3, 0.4) is 0 Å². The Hall–Kier alpha value is -0.870. The summed E-state index contributed by atoms with van der Waals surface area (Å²) in [6, 6.07) is 0. The normalized spacial score (nSPS) is 9.58. The fourth-order valence-corrected chi connectivity index (χ4v) is 1.16. The van der Waals surface area contributed by atoms with E-state index in [1.165, 1.54) is 0 Å². The molecule has 0 unspecified atom stereocenters. The van der Waals surface area contributed by atoms with E-state index in [4.69, 9.17) is 23.2 Å².